The van der Waals surface area contributed by atoms with Gasteiger partial charge in [0.2, 0.25) is 0 Å². The molecule has 156 valence electrons. The fourth-order valence-corrected chi connectivity index (χ4v) is 3.75. The third kappa shape index (κ3) is 10.1. The maximum atomic E-state index is 10.5. The van der Waals surface area contributed by atoms with Crippen LogP contribution >= 0.6 is 0 Å². The average Bonchev–Trinajstić information content (AvgIpc) is 2.88. The van der Waals surface area contributed by atoms with Crippen LogP contribution in [0.5, 0.6) is 0 Å². The van der Waals surface area contributed by atoms with Gasteiger partial charge in [-0.25, -0.2) is 0 Å². The molecule has 0 bridgehead atoms. The van der Waals surface area contributed by atoms with Gasteiger partial charge in [0, 0.05) is 18.8 Å². The van der Waals surface area contributed by atoms with E-state index in [-0.39, 0.29) is 18.3 Å². The molecule has 0 aromatic heterocycles. The molecule has 1 saturated carbocycles. The summed E-state index contributed by atoms with van der Waals surface area (Å²) in [5, 5.41) is 39.1. The highest BCUT2D eigenvalue weighted by Gasteiger charge is 2.39. The van der Waals surface area contributed by atoms with Gasteiger partial charge in [0.1, 0.15) is 0 Å². The normalized spacial score (nSPS) is 27.0. The van der Waals surface area contributed by atoms with E-state index < -0.39 is 24.3 Å². The molecule has 0 spiro atoms. The standard InChI is InChI=1S/C22H38O5/c1-2-3-8-11-17(23)14-15-19-18(20(24)16-21(19)25)12-9-6-4-5-7-10-13-22(26)27/h6,9,14-15,17-21,23-25H,2-5,7-8,10-13,16H2,1H3,(H,26,27)/b9-6+,15-14+/t17?,18-,19-,20+,21-/m1/s1. The molecule has 1 fully saturated rings. The lowest BCUT2D eigenvalue weighted by atomic mass is 9.89. The number of aliphatic carboxylic acids is 1. The third-order valence-electron chi connectivity index (χ3n) is 5.41. The molecular formula is C22H38O5. The highest BCUT2D eigenvalue weighted by molar-refractivity contribution is 5.66. The second-order valence-corrected chi connectivity index (χ2v) is 7.76. The summed E-state index contributed by atoms with van der Waals surface area (Å²) < 4.78 is 0. The SMILES string of the molecule is CCCCCC(O)/C=C/[C@@H]1[C@@H](C/C=C/CCCCCC(=O)O)[C@@H](O)C[C@H]1O. The number of aliphatic hydroxyl groups excluding tert-OH is 3. The first kappa shape index (κ1) is 23.9. The number of carbonyl (C=O) groups is 1. The first-order valence-corrected chi connectivity index (χ1v) is 10.5. The number of hydrogen-bond donors (Lipinski definition) is 4. The van der Waals surface area contributed by atoms with E-state index in [1.54, 1.807) is 6.08 Å². The number of aliphatic hydroxyl groups is 3. The van der Waals surface area contributed by atoms with E-state index in [2.05, 4.69) is 19.1 Å². The van der Waals surface area contributed by atoms with Gasteiger partial charge in [0.25, 0.3) is 0 Å². The van der Waals surface area contributed by atoms with Crippen LogP contribution in [0.3, 0.4) is 0 Å². The molecule has 0 heterocycles. The van der Waals surface area contributed by atoms with E-state index in [9.17, 15) is 20.1 Å². The Bertz CT molecular complexity index is 460. The van der Waals surface area contributed by atoms with Gasteiger partial charge in [0.05, 0.1) is 18.3 Å². The van der Waals surface area contributed by atoms with Crippen molar-refractivity contribution in [1.82, 2.24) is 0 Å². The Hall–Kier alpha value is -1.17. The first-order chi connectivity index (χ1) is 13.0. The van der Waals surface area contributed by atoms with Crippen LogP contribution in [-0.4, -0.2) is 44.7 Å². The van der Waals surface area contributed by atoms with Crippen LogP contribution in [-0.2, 0) is 4.79 Å². The Labute approximate surface area is 163 Å². The van der Waals surface area contributed by atoms with Crippen molar-refractivity contribution in [3.05, 3.63) is 24.3 Å². The molecule has 1 unspecified atom stereocenters. The predicted molar refractivity (Wildman–Crippen MR) is 107 cm³/mol. The van der Waals surface area contributed by atoms with Gasteiger partial charge in [-0.3, -0.25) is 4.79 Å². The molecule has 0 saturated heterocycles. The van der Waals surface area contributed by atoms with Crippen LogP contribution < -0.4 is 0 Å². The summed E-state index contributed by atoms with van der Waals surface area (Å²) in [6.07, 6.45) is 15.0. The second kappa shape index (κ2) is 13.9. The minimum absolute atomic E-state index is 0.0256. The third-order valence-corrected chi connectivity index (χ3v) is 5.41. The van der Waals surface area contributed by atoms with Gasteiger partial charge >= 0.3 is 5.97 Å². The molecule has 5 atom stereocenters. The zero-order valence-corrected chi connectivity index (χ0v) is 16.7. The Morgan fingerprint density at radius 2 is 1.85 bits per heavy atom. The molecule has 5 heteroatoms. The Kier molecular flexibility index (Phi) is 12.3. The maximum absolute atomic E-state index is 10.5. The van der Waals surface area contributed by atoms with E-state index in [0.717, 1.165) is 44.9 Å². The highest BCUT2D eigenvalue weighted by Crippen LogP contribution is 2.36. The van der Waals surface area contributed by atoms with E-state index in [4.69, 9.17) is 5.11 Å². The number of hydrogen-bond acceptors (Lipinski definition) is 4. The molecule has 27 heavy (non-hydrogen) atoms. The summed E-state index contributed by atoms with van der Waals surface area (Å²) in [7, 11) is 0. The quantitative estimate of drug-likeness (QED) is 0.270. The zero-order chi connectivity index (χ0) is 20.1. The molecule has 0 amide bonds. The lowest BCUT2D eigenvalue weighted by molar-refractivity contribution is -0.137. The molecule has 1 aliphatic carbocycles. The summed E-state index contributed by atoms with van der Waals surface area (Å²) in [6, 6.07) is 0. The van der Waals surface area contributed by atoms with Crippen molar-refractivity contribution in [2.45, 2.75) is 95.9 Å². The van der Waals surface area contributed by atoms with Crippen LogP contribution in [0.25, 0.3) is 0 Å². The van der Waals surface area contributed by atoms with E-state index in [1.165, 1.54) is 0 Å². The zero-order valence-electron chi connectivity index (χ0n) is 16.7. The average molecular weight is 383 g/mol. The van der Waals surface area contributed by atoms with E-state index in [0.29, 0.717) is 19.3 Å². The highest BCUT2D eigenvalue weighted by atomic mass is 16.4. The van der Waals surface area contributed by atoms with Crippen molar-refractivity contribution in [3.63, 3.8) is 0 Å². The number of unbranched alkanes of at least 4 members (excludes halogenated alkanes) is 5. The van der Waals surface area contributed by atoms with Gasteiger partial charge in [0.15, 0.2) is 0 Å². The van der Waals surface area contributed by atoms with Gasteiger partial charge in [-0.1, -0.05) is 56.9 Å². The lowest BCUT2D eigenvalue weighted by Crippen LogP contribution is -2.20. The molecule has 0 aliphatic heterocycles. The number of rotatable bonds is 14. The molecule has 5 nitrogen and oxygen atoms in total. The topological polar surface area (TPSA) is 98.0 Å². The van der Waals surface area contributed by atoms with Gasteiger partial charge in [-0.15, -0.1) is 0 Å². The van der Waals surface area contributed by atoms with E-state index in [1.807, 2.05) is 6.08 Å². The minimum atomic E-state index is -0.742. The van der Waals surface area contributed by atoms with Crippen molar-refractivity contribution in [3.8, 4) is 0 Å². The number of allylic oxidation sites excluding steroid dienone is 2. The fraction of sp³-hybridized carbons (Fsp3) is 0.773. The Balaban J connectivity index is 2.37. The smallest absolute Gasteiger partial charge is 0.303 e. The van der Waals surface area contributed by atoms with Crippen molar-refractivity contribution in [2.24, 2.45) is 11.8 Å². The summed E-state index contributed by atoms with van der Waals surface area (Å²) in [5.41, 5.74) is 0. The summed E-state index contributed by atoms with van der Waals surface area (Å²) in [5.74, 6) is -0.891. The molecule has 0 radical (unpaired) electrons. The molecule has 1 aliphatic rings. The fourth-order valence-electron chi connectivity index (χ4n) is 3.75. The van der Waals surface area contributed by atoms with Crippen molar-refractivity contribution < 1.29 is 25.2 Å². The van der Waals surface area contributed by atoms with Crippen LogP contribution in [0, 0.1) is 11.8 Å². The number of carboxylic acids is 1. The number of carboxylic acid groups (broad SMARTS) is 1. The molecular weight excluding hydrogens is 344 g/mol. The predicted octanol–water partition coefficient (Wildman–Crippen LogP) is 3.82. The monoisotopic (exact) mass is 382 g/mol. The molecule has 1 rings (SSSR count). The Morgan fingerprint density at radius 3 is 2.56 bits per heavy atom. The largest absolute Gasteiger partial charge is 0.481 e. The maximum Gasteiger partial charge on any atom is 0.303 e. The van der Waals surface area contributed by atoms with Crippen LogP contribution in [0.15, 0.2) is 24.3 Å². The van der Waals surface area contributed by atoms with Gasteiger partial charge in [-0.05, 0) is 38.0 Å². The van der Waals surface area contributed by atoms with Crippen LogP contribution in [0.2, 0.25) is 0 Å². The van der Waals surface area contributed by atoms with Crippen LogP contribution in [0.1, 0.15) is 77.6 Å². The Morgan fingerprint density at radius 1 is 1.07 bits per heavy atom. The van der Waals surface area contributed by atoms with E-state index >= 15 is 0 Å². The summed E-state index contributed by atoms with van der Waals surface area (Å²) in [6.45, 7) is 2.13. The van der Waals surface area contributed by atoms with Crippen molar-refractivity contribution in [1.29, 1.82) is 0 Å². The molecule has 0 aromatic carbocycles. The molecule has 4 N–H and O–H groups in total. The van der Waals surface area contributed by atoms with Gasteiger partial charge in [-0.2, -0.15) is 0 Å². The first-order valence-electron chi connectivity index (χ1n) is 10.5. The minimum Gasteiger partial charge on any atom is -0.481 e. The van der Waals surface area contributed by atoms with Crippen LogP contribution in [0.4, 0.5) is 0 Å². The molecule has 0 aromatic rings. The summed E-state index contributed by atoms with van der Waals surface area (Å²) in [4.78, 5) is 10.5. The summed E-state index contributed by atoms with van der Waals surface area (Å²) >= 11 is 0. The second-order valence-electron chi connectivity index (χ2n) is 7.76. The lowest BCUT2D eigenvalue weighted by Gasteiger charge is -2.19. The van der Waals surface area contributed by atoms with Crippen molar-refractivity contribution in [2.75, 3.05) is 0 Å². The van der Waals surface area contributed by atoms with Gasteiger partial charge < -0.3 is 20.4 Å². The van der Waals surface area contributed by atoms with Crippen molar-refractivity contribution >= 4 is 5.97 Å².